The van der Waals surface area contributed by atoms with Gasteiger partial charge in [-0.2, -0.15) is 0 Å². The van der Waals surface area contributed by atoms with Crippen molar-refractivity contribution in [1.82, 2.24) is 9.88 Å². The fourth-order valence-corrected chi connectivity index (χ4v) is 2.50. The SMILES string of the molecule is Cc1cccc(/C=C/C(=O)N(Cc2ccncc2)C2CC2)c1. The first kappa shape index (κ1) is 14.5. The number of pyridine rings is 1. The molecule has 3 rings (SSSR count). The third-order valence-corrected chi connectivity index (χ3v) is 3.83. The van der Waals surface area contributed by atoms with Crippen molar-refractivity contribution in [3.05, 3.63) is 71.6 Å². The third kappa shape index (κ3) is 3.82. The van der Waals surface area contributed by atoms with Crippen LogP contribution < -0.4 is 0 Å². The van der Waals surface area contributed by atoms with Crippen molar-refractivity contribution in [1.29, 1.82) is 0 Å². The highest BCUT2D eigenvalue weighted by molar-refractivity contribution is 5.92. The molecule has 0 unspecified atom stereocenters. The van der Waals surface area contributed by atoms with Gasteiger partial charge in [-0.05, 0) is 49.1 Å². The summed E-state index contributed by atoms with van der Waals surface area (Å²) in [7, 11) is 0. The molecule has 1 saturated carbocycles. The standard InChI is InChI=1S/C19H20N2O/c1-15-3-2-4-16(13-15)5-8-19(22)21(18-6-7-18)14-17-9-11-20-12-10-17/h2-5,8-13,18H,6-7,14H2,1H3/b8-5+. The van der Waals surface area contributed by atoms with Gasteiger partial charge in [0.1, 0.15) is 0 Å². The average molecular weight is 292 g/mol. The molecule has 1 fully saturated rings. The van der Waals surface area contributed by atoms with E-state index >= 15 is 0 Å². The molecular weight excluding hydrogens is 272 g/mol. The van der Waals surface area contributed by atoms with Crippen LogP contribution in [-0.2, 0) is 11.3 Å². The minimum atomic E-state index is 0.0841. The first-order chi connectivity index (χ1) is 10.7. The molecular formula is C19H20N2O. The molecule has 3 nitrogen and oxygen atoms in total. The van der Waals surface area contributed by atoms with Crippen LogP contribution >= 0.6 is 0 Å². The highest BCUT2D eigenvalue weighted by Gasteiger charge is 2.31. The second kappa shape index (κ2) is 6.56. The number of hydrogen-bond donors (Lipinski definition) is 0. The average Bonchev–Trinajstić information content (AvgIpc) is 3.36. The minimum Gasteiger partial charge on any atom is -0.332 e. The summed E-state index contributed by atoms with van der Waals surface area (Å²) in [4.78, 5) is 18.5. The van der Waals surface area contributed by atoms with E-state index in [2.05, 4.69) is 24.0 Å². The van der Waals surface area contributed by atoms with Crippen LogP contribution in [0.15, 0.2) is 54.9 Å². The normalized spacial score (nSPS) is 14.2. The van der Waals surface area contributed by atoms with Crippen LogP contribution in [0, 0.1) is 6.92 Å². The van der Waals surface area contributed by atoms with Crippen LogP contribution in [0.2, 0.25) is 0 Å². The number of benzene rings is 1. The molecule has 1 aromatic heterocycles. The Kier molecular flexibility index (Phi) is 4.33. The zero-order chi connectivity index (χ0) is 15.4. The number of carbonyl (C=O) groups excluding carboxylic acids is 1. The van der Waals surface area contributed by atoms with E-state index in [0.29, 0.717) is 12.6 Å². The molecule has 22 heavy (non-hydrogen) atoms. The van der Waals surface area contributed by atoms with Crippen molar-refractivity contribution < 1.29 is 4.79 Å². The van der Waals surface area contributed by atoms with Crippen molar-refractivity contribution in [3.8, 4) is 0 Å². The van der Waals surface area contributed by atoms with Crippen LogP contribution in [-0.4, -0.2) is 21.8 Å². The predicted molar refractivity (Wildman–Crippen MR) is 88.0 cm³/mol. The number of rotatable bonds is 5. The van der Waals surface area contributed by atoms with Gasteiger partial charge in [-0.15, -0.1) is 0 Å². The molecule has 3 heteroatoms. The zero-order valence-electron chi connectivity index (χ0n) is 12.8. The summed E-state index contributed by atoms with van der Waals surface area (Å²) < 4.78 is 0. The number of aromatic nitrogens is 1. The predicted octanol–water partition coefficient (Wildman–Crippen LogP) is 3.59. The Balaban J connectivity index is 1.70. The molecule has 0 bridgehead atoms. The van der Waals surface area contributed by atoms with E-state index in [1.54, 1.807) is 18.5 Å². The Morgan fingerprint density at radius 2 is 2.05 bits per heavy atom. The van der Waals surface area contributed by atoms with Gasteiger partial charge in [0.15, 0.2) is 0 Å². The number of nitrogens with zero attached hydrogens (tertiary/aromatic N) is 2. The lowest BCUT2D eigenvalue weighted by Gasteiger charge is -2.20. The van der Waals surface area contributed by atoms with E-state index in [0.717, 1.165) is 24.0 Å². The third-order valence-electron chi connectivity index (χ3n) is 3.83. The van der Waals surface area contributed by atoms with E-state index in [4.69, 9.17) is 0 Å². The molecule has 0 atom stereocenters. The summed E-state index contributed by atoms with van der Waals surface area (Å²) in [5, 5.41) is 0. The summed E-state index contributed by atoms with van der Waals surface area (Å²) in [6.07, 6.45) is 9.34. The van der Waals surface area contributed by atoms with Gasteiger partial charge in [0.05, 0.1) is 0 Å². The lowest BCUT2D eigenvalue weighted by Crippen LogP contribution is -2.31. The Labute approximate surface area is 131 Å². The van der Waals surface area contributed by atoms with Crippen molar-refractivity contribution in [3.63, 3.8) is 0 Å². The Morgan fingerprint density at radius 1 is 1.27 bits per heavy atom. The Hall–Kier alpha value is -2.42. The number of hydrogen-bond acceptors (Lipinski definition) is 2. The van der Waals surface area contributed by atoms with Gasteiger partial charge in [0.25, 0.3) is 0 Å². The molecule has 0 aliphatic heterocycles. The van der Waals surface area contributed by atoms with Gasteiger partial charge in [0, 0.05) is 31.1 Å². The number of aryl methyl sites for hydroxylation is 1. The van der Waals surface area contributed by atoms with Crippen molar-refractivity contribution in [2.24, 2.45) is 0 Å². The van der Waals surface area contributed by atoms with E-state index in [1.165, 1.54) is 5.56 Å². The second-order valence-corrected chi connectivity index (χ2v) is 5.80. The molecule has 1 heterocycles. The minimum absolute atomic E-state index is 0.0841. The van der Waals surface area contributed by atoms with Gasteiger partial charge in [-0.25, -0.2) is 0 Å². The zero-order valence-corrected chi connectivity index (χ0v) is 12.8. The van der Waals surface area contributed by atoms with Crippen LogP contribution in [0.5, 0.6) is 0 Å². The van der Waals surface area contributed by atoms with Crippen molar-refractivity contribution >= 4 is 12.0 Å². The molecule has 1 amide bonds. The van der Waals surface area contributed by atoms with Gasteiger partial charge >= 0.3 is 0 Å². The maximum atomic E-state index is 12.5. The topological polar surface area (TPSA) is 33.2 Å². The van der Waals surface area contributed by atoms with E-state index in [-0.39, 0.29) is 5.91 Å². The fraction of sp³-hybridized carbons (Fsp3) is 0.263. The van der Waals surface area contributed by atoms with Gasteiger partial charge in [-0.1, -0.05) is 29.8 Å². The summed E-state index contributed by atoms with van der Waals surface area (Å²) in [6.45, 7) is 2.71. The maximum absolute atomic E-state index is 12.5. The molecule has 112 valence electrons. The van der Waals surface area contributed by atoms with Gasteiger partial charge in [-0.3, -0.25) is 9.78 Å². The molecule has 1 aliphatic carbocycles. The summed E-state index contributed by atoms with van der Waals surface area (Å²) in [5.41, 5.74) is 3.39. The van der Waals surface area contributed by atoms with Crippen LogP contribution in [0.4, 0.5) is 0 Å². The molecule has 0 spiro atoms. The number of amides is 1. The monoisotopic (exact) mass is 292 g/mol. The largest absolute Gasteiger partial charge is 0.332 e. The highest BCUT2D eigenvalue weighted by Crippen LogP contribution is 2.28. The van der Waals surface area contributed by atoms with Crippen molar-refractivity contribution in [2.75, 3.05) is 0 Å². The lowest BCUT2D eigenvalue weighted by atomic mass is 10.1. The Bertz CT molecular complexity index is 675. The maximum Gasteiger partial charge on any atom is 0.247 e. The van der Waals surface area contributed by atoms with Crippen LogP contribution in [0.25, 0.3) is 6.08 Å². The molecule has 0 radical (unpaired) electrons. The van der Waals surface area contributed by atoms with Crippen LogP contribution in [0.1, 0.15) is 29.5 Å². The van der Waals surface area contributed by atoms with E-state index in [1.807, 2.05) is 35.2 Å². The molecule has 2 aromatic rings. The van der Waals surface area contributed by atoms with Gasteiger partial charge in [0.2, 0.25) is 5.91 Å². The van der Waals surface area contributed by atoms with E-state index < -0.39 is 0 Å². The first-order valence-corrected chi connectivity index (χ1v) is 7.66. The summed E-state index contributed by atoms with van der Waals surface area (Å²) in [6, 6.07) is 12.5. The molecule has 1 aliphatic rings. The summed E-state index contributed by atoms with van der Waals surface area (Å²) in [5.74, 6) is 0.0841. The number of carbonyl (C=O) groups is 1. The Morgan fingerprint density at radius 3 is 2.73 bits per heavy atom. The quantitative estimate of drug-likeness (QED) is 0.789. The van der Waals surface area contributed by atoms with Gasteiger partial charge < -0.3 is 4.90 Å². The smallest absolute Gasteiger partial charge is 0.247 e. The van der Waals surface area contributed by atoms with Crippen LogP contribution in [0.3, 0.4) is 0 Å². The second-order valence-electron chi connectivity index (χ2n) is 5.80. The fourth-order valence-electron chi connectivity index (χ4n) is 2.50. The molecule has 0 N–H and O–H groups in total. The van der Waals surface area contributed by atoms with E-state index in [9.17, 15) is 4.79 Å². The highest BCUT2D eigenvalue weighted by atomic mass is 16.2. The van der Waals surface area contributed by atoms with Crippen molar-refractivity contribution in [2.45, 2.75) is 32.4 Å². The summed E-state index contributed by atoms with van der Waals surface area (Å²) >= 11 is 0. The lowest BCUT2D eigenvalue weighted by molar-refractivity contribution is -0.127. The molecule has 1 aromatic carbocycles. The molecule has 0 saturated heterocycles. The first-order valence-electron chi connectivity index (χ1n) is 7.66.